The number of carbonyl (C=O) groups is 1. The van der Waals surface area contributed by atoms with Gasteiger partial charge in [-0.1, -0.05) is 18.2 Å². The van der Waals surface area contributed by atoms with E-state index in [9.17, 15) is 4.79 Å². The van der Waals surface area contributed by atoms with Gasteiger partial charge in [-0.3, -0.25) is 4.79 Å². The summed E-state index contributed by atoms with van der Waals surface area (Å²) in [7, 11) is 1.37. The van der Waals surface area contributed by atoms with Gasteiger partial charge in [0.1, 0.15) is 0 Å². The zero-order valence-corrected chi connectivity index (χ0v) is 9.41. The van der Waals surface area contributed by atoms with E-state index in [1.165, 1.54) is 12.7 Å². The van der Waals surface area contributed by atoms with Gasteiger partial charge in [-0.2, -0.15) is 0 Å². The predicted molar refractivity (Wildman–Crippen MR) is 59.5 cm³/mol. The molecular formula is C12H17NO2. The van der Waals surface area contributed by atoms with E-state index in [2.05, 4.69) is 4.74 Å². The van der Waals surface area contributed by atoms with Gasteiger partial charge in [0.05, 0.1) is 13.5 Å². The van der Waals surface area contributed by atoms with Crippen LogP contribution in [0.2, 0.25) is 0 Å². The van der Waals surface area contributed by atoms with Crippen molar-refractivity contribution in [3.63, 3.8) is 0 Å². The maximum atomic E-state index is 11.1. The molecule has 0 amide bonds. The van der Waals surface area contributed by atoms with Gasteiger partial charge in [0, 0.05) is 6.04 Å². The summed E-state index contributed by atoms with van der Waals surface area (Å²) in [5.41, 5.74) is 9.29. The Hall–Kier alpha value is -1.35. The number of esters is 1. The Kier molecular flexibility index (Phi) is 3.86. The van der Waals surface area contributed by atoms with Gasteiger partial charge in [-0.05, 0) is 30.5 Å². The molecule has 0 aliphatic heterocycles. The Labute approximate surface area is 90.2 Å². The monoisotopic (exact) mass is 207 g/mol. The number of aryl methyl sites for hydroxylation is 1. The molecular weight excluding hydrogens is 190 g/mol. The molecule has 0 spiro atoms. The molecule has 15 heavy (non-hydrogen) atoms. The number of ether oxygens (including phenoxy) is 1. The van der Waals surface area contributed by atoms with Crippen LogP contribution in [0.15, 0.2) is 18.2 Å². The Bertz CT molecular complexity index is 361. The fraction of sp³-hybridized carbons (Fsp3) is 0.417. The van der Waals surface area contributed by atoms with Crippen molar-refractivity contribution >= 4 is 5.97 Å². The molecule has 0 aromatic heterocycles. The van der Waals surface area contributed by atoms with Crippen molar-refractivity contribution in [2.75, 3.05) is 7.11 Å². The van der Waals surface area contributed by atoms with Crippen molar-refractivity contribution in [1.29, 1.82) is 0 Å². The minimum atomic E-state index is -0.280. The van der Waals surface area contributed by atoms with Crippen LogP contribution in [-0.2, 0) is 9.53 Å². The van der Waals surface area contributed by atoms with E-state index >= 15 is 0 Å². The SMILES string of the molecule is COC(=O)C[C@@H](N)c1cccc(C)c1C. The van der Waals surface area contributed by atoms with E-state index < -0.39 is 0 Å². The van der Waals surface area contributed by atoms with Gasteiger partial charge in [0.15, 0.2) is 0 Å². The third-order valence-corrected chi connectivity index (χ3v) is 2.66. The number of benzene rings is 1. The van der Waals surface area contributed by atoms with Crippen LogP contribution in [0.4, 0.5) is 0 Å². The molecule has 1 atom stereocenters. The molecule has 3 nitrogen and oxygen atoms in total. The Morgan fingerprint density at radius 1 is 1.47 bits per heavy atom. The minimum absolute atomic E-state index is 0.223. The van der Waals surface area contributed by atoms with Crippen molar-refractivity contribution in [3.05, 3.63) is 34.9 Å². The largest absolute Gasteiger partial charge is 0.469 e. The first-order valence-corrected chi connectivity index (χ1v) is 4.94. The summed E-state index contributed by atoms with van der Waals surface area (Å²) < 4.78 is 4.59. The summed E-state index contributed by atoms with van der Waals surface area (Å²) in [5, 5.41) is 0. The summed E-state index contributed by atoms with van der Waals surface area (Å²) in [6.07, 6.45) is 0.223. The lowest BCUT2D eigenvalue weighted by Crippen LogP contribution is -2.17. The summed E-state index contributed by atoms with van der Waals surface area (Å²) in [5.74, 6) is -0.275. The van der Waals surface area contributed by atoms with Crippen LogP contribution in [0.25, 0.3) is 0 Å². The highest BCUT2D eigenvalue weighted by atomic mass is 16.5. The Morgan fingerprint density at radius 3 is 2.73 bits per heavy atom. The highest BCUT2D eigenvalue weighted by Gasteiger charge is 2.14. The van der Waals surface area contributed by atoms with Gasteiger partial charge < -0.3 is 10.5 Å². The number of nitrogens with two attached hydrogens (primary N) is 1. The normalized spacial score (nSPS) is 12.3. The van der Waals surface area contributed by atoms with Crippen molar-refractivity contribution in [1.82, 2.24) is 0 Å². The molecule has 0 bridgehead atoms. The third kappa shape index (κ3) is 2.80. The van der Waals surface area contributed by atoms with E-state index in [-0.39, 0.29) is 18.4 Å². The quantitative estimate of drug-likeness (QED) is 0.770. The Balaban J connectivity index is 2.86. The average molecular weight is 207 g/mol. The lowest BCUT2D eigenvalue weighted by molar-refractivity contribution is -0.141. The second-order valence-corrected chi connectivity index (χ2v) is 3.68. The van der Waals surface area contributed by atoms with Gasteiger partial charge in [0.25, 0.3) is 0 Å². The Morgan fingerprint density at radius 2 is 2.13 bits per heavy atom. The molecule has 0 radical (unpaired) electrons. The van der Waals surface area contributed by atoms with Gasteiger partial charge in [0.2, 0.25) is 0 Å². The molecule has 0 aliphatic carbocycles. The van der Waals surface area contributed by atoms with Crippen LogP contribution in [-0.4, -0.2) is 13.1 Å². The molecule has 1 aromatic rings. The van der Waals surface area contributed by atoms with E-state index in [0.717, 1.165) is 11.1 Å². The first-order chi connectivity index (χ1) is 7.06. The maximum Gasteiger partial charge on any atom is 0.307 e. The summed E-state index contributed by atoms with van der Waals surface area (Å²) in [6.45, 7) is 4.05. The molecule has 0 aliphatic rings. The standard InChI is InChI=1S/C12H17NO2/c1-8-5-4-6-10(9(8)2)11(13)7-12(14)15-3/h4-6,11H,7,13H2,1-3H3/t11-/m1/s1. The van der Waals surface area contributed by atoms with Crippen LogP contribution in [0.5, 0.6) is 0 Å². The van der Waals surface area contributed by atoms with E-state index in [4.69, 9.17) is 5.73 Å². The number of hydrogen-bond donors (Lipinski definition) is 1. The summed E-state index contributed by atoms with van der Waals surface area (Å²) >= 11 is 0. The highest BCUT2D eigenvalue weighted by molar-refractivity contribution is 5.70. The zero-order valence-electron chi connectivity index (χ0n) is 9.41. The number of methoxy groups -OCH3 is 1. The second-order valence-electron chi connectivity index (χ2n) is 3.68. The minimum Gasteiger partial charge on any atom is -0.469 e. The van der Waals surface area contributed by atoms with E-state index in [1.807, 2.05) is 32.0 Å². The molecule has 0 saturated heterocycles. The maximum absolute atomic E-state index is 11.1. The fourth-order valence-electron chi connectivity index (χ4n) is 1.55. The molecule has 1 aromatic carbocycles. The third-order valence-electron chi connectivity index (χ3n) is 2.66. The van der Waals surface area contributed by atoms with Crippen molar-refractivity contribution in [2.24, 2.45) is 5.73 Å². The van der Waals surface area contributed by atoms with Gasteiger partial charge in [-0.15, -0.1) is 0 Å². The van der Waals surface area contributed by atoms with Crippen LogP contribution in [0.3, 0.4) is 0 Å². The molecule has 2 N–H and O–H groups in total. The summed E-state index contributed by atoms with van der Waals surface area (Å²) in [4.78, 5) is 11.1. The topological polar surface area (TPSA) is 52.3 Å². The summed E-state index contributed by atoms with van der Waals surface area (Å²) in [6, 6.07) is 5.66. The first kappa shape index (κ1) is 11.7. The van der Waals surface area contributed by atoms with Gasteiger partial charge >= 0.3 is 5.97 Å². The zero-order chi connectivity index (χ0) is 11.4. The van der Waals surface area contributed by atoms with Crippen LogP contribution >= 0.6 is 0 Å². The molecule has 0 heterocycles. The average Bonchev–Trinajstić information content (AvgIpc) is 2.21. The van der Waals surface area contributed by atoms with Crippen molar-refractivity contribution in [2.45, 2.75) is 26.3 Å². The first-order valence-electron chi connectivity index (χ1n) is 4.94. The van der Waals surface area contributed by atoms with E-state index in [1.54, 1.807) is 0 Å². The number of carbonyl (C=O) groups excluding carboxylic acids is 1. The highest BCUT2D eigenvalue weighted by Crippen LogP contribution is 2.21. The second kappa shape index (κ2) is 4.94. The van der Waals surface area contributed by atoms with Crippen LogP contribution in [0, 0.1) is 13.8 Å². The van der Waals surface area contributed by atoms with Crippen LogP contribution in [0.1, 0.15) is 29.2 Å². The molecule has 1 rings (SSSR count). The van der Waals surface area contributed by atoms with Crippen LogP contribution < -0.4 is 5.73 Å². The molecule has 0 fully saturated rings. The van der Waals surface area contributed by atoms with Crippen molar-refractivity contribution in [3.8, 4) is 0 Å². The van der Waals surface area contributed by atoms with Gasteiger partial charge in [-0.25, -0.2) is 0 Å². The van der Waals surface area contributed by atoms with Crippen molar-refractivity contribution < 1.29 is 9.53 Å². The lowest BCUT2D eigenvalue weighted by atomic mass is 9.96. The molecule has 0 unspecified atom stereocenters. The van der Waals surface area contributed by atoms with E-state index in [0.29, 0.717) is 0 Å². The molecule has 82 valence electrons. The predicted octanol–water partition coefficient (Wildman–Crippen LogP) is 1.87. The molecule has 3 heteroatoms. The lowest BCUT2D eigenvalue weighted by Gasteiger charge is -2.14. The number of hydrogen-bond acceptors (Lipinski definition) is 3. The molecule has 0 saturated carbocycles. The fourth-order valence-corrected chi connectivity index (χ4v) is 1.55. The number of rotatable bonds is 3. The smallest absolute Gasteiger partial charge is 0.307 e.